The molecule has 1 heterocycles. The molecule has 4 nitrogen and oxygen atoms in total. The molecule has 2 aromatic rings. The second kappa shape index (κ2) is 7.92. The molecule has 0 aliphatic rings. The van der Waals surface area contributed by atoms with Crippen molar-refractivity contribution in [2.45, 2.75) is 27.3 Å². The lowest BCUT2D eigenvalue weighted by Crippen LogP contribution is -2.30. The molecule has 122 valence electrons. The smallest absolute Gasteiger partial charge is 0.255 e. The first-order chi connectivity index (χ1) is 11.1. The van der Waals surface area contributed by atoms with Crippen molar-refractivity contribution in [3.63, 3.8) is 0 Å². The van der Waals surface area contributed by atoms with Gasteiger partial charge in [0.1, 0.15) is 5.75 Å². The number of carbonyl (C=O) groups excluding carboxylic acids is 2. The molecule has 0 radical (unpaired) electrons. The highest BCUT2D eigenvalue weighted by Crippen LogP contribution is 2.22. The maximum atomic E-state index is 12.7. The molecular formula is C18H21NO3S. The second-order valence-corrected chi connectivity index (χ2v) is 6.03. The van der Waals surface area contributed by atoms with E-state index in [1.165, 1.54) is 18.3 Å². The molecule has 0 bridgehead atoms. The van der Waals surface area contributed by atoms with E-state index in [2.05, 4.69) is 0 Å². The van der Waals surface area contributed by atoms with E-state index in [1.807, 2.05) is 38.1 Å². The zero-order valence-electron chi connectivity index (χ0n) is 13.7. The third-order valence-corrected chi connectivity index (χ3v) is 4.53. The van der Waals surface area contributed by atoms with Crippen molar-refractivity contribution < 1.29 is 14.3 Å². The molecule has 0 spiro atoms. The van der Waals surface area contributed by atoms with Crippen LogP contribution >= 0.6 is 11.3 Å². The molecular weight excluding hydrogens is 310 g/mol. The van der Waals surface area contributed by atoms with Crippen LogP contribution in [0.25, 0.3) is 0 Å². The first kappa shape index (κ1) is 17.2. The first-order valence-corrected chi connectivity index (χ1v) is 8.54. The SMILES string of the molecule is CCOc1ccccc1CN(CC)C(=O)c1csc(C(C)=O)c1. The maximum Gasteiger partial charge on any atom is 0.255 e. The van der Waals surface area contributed by atoms with Gasteiger partial charge in [-0.3, -0.25) is 9.59 Å². The van der Waals surface area contributed by atoms with Gasteiger partial charge in [-0.25, -0.2) is 0 Å². The minimum absolute atomic E-state index is 0.0150. The van der Waals surface area contributed by atoms with Crippen molar-refractivity contribution in [3.05, 3.63) is 51.7 Å². The molecule has 0 N–H and O–H groups in total. The summed E-state index contributed by atoms with van der Waals surface area (Å²) in [4.78, 5) is 26.4. The Morgan fingerprint density at radius 1 is 1.22 bits per heavy atom. The summed E-state index contributed by atoms with van der Waals surface area (Å²) >= 11 is 1.31. The quantitative estimate of drug-likeness (QED) is 0.720. The van der Waals surface area contributed by atoms with E-state index in [4.69, 9.17) is 4.74 Å². The van der Waals surface area contributed by atoms with Crippen LogP contribution in [0.5, 0.6) is 5.75 Å². The van der Waals surface area contributed by atoms with Crippen LogP contribution in [0.2, 0.25) is 0 Å². The van der Waals surface area contributed by atoms with Crippen LogP contribution in [0.4, 0.5) is 0 Å². The lowest BCUT2D eigenvalue weighted by Gasteiger charge is -2.22. The third-order valence-electron chi connectivity index (χ3n) is 3.50. The average Bonchev–Trinajstić information content (AvgIpc) is 3.04. The predicted molar refractivity (Wildman–Crippen MR) is 92.3 cm³/mol. The van der Waals surface area contributed by atoms with Crippen molar-refractivity contribution in [3.8, 4) is 5.75 Å². The number of Topliss-reactive ketones (excluding diaryl/α,β-unsaturated/α-hetero) is 1. The largest absolute Gasteiger partial charge is 0.494 e. The summed E-state index contributed by atoms with van der Waals surface area (Å²) < 4.78 is 5.62. The zero-order valence-corrected chi connectivity index (χ0v) is 14.5. The predicted octanol–water partition coefficient (Wildman–Crippen LogP) is 4.01. The fourth-order valence-electron chi connectivity index (χ4n) is 2.28. The van der Waals surface area contributed by atoms with E-state index in [0.29, 0.717) is 30.1 Å². The number of para-hydroxylation sites is 1. The number of benzene rings is 1. The molecule has 1 amide bonds. The molecule has 0 aliphatic carbocycles. The van der Waals surface area contributed by atoms with E-state index in [1.54, 1.807) is 16.3 Å². The Bertz CT molecular complexity index is 693. The zero-order chi connectivity index (χ0) is 16.8. The summed E-state index contributed by atoms with van der Waals surface area (Å²) in [6.07, 6.45) is 0. The van der Waals surface area contributed by atoms with Crippen LogP contribution in [-0.2, 0) is 6.54 Å². The number of nitrogens with zero attached hydrogens (tertiary/aromatic N) is 1. The Balaban J connectivity index is 2.19. The Kier molecular flexibility index (Phi) is 5.93. The lowest BCUT2D eigenvalue weighted by atomic mass is 10.1. The highest BCUT2D eigenvalue weighted by Gasteiger charge is 2.18. The van der Waals surface area contributed by atoms with E-state index in [-0.39, 0.29) is 11.7 Å². The normalized spacial score (nSPS) is 10.4. The van der Waals surface area contributed by atoms with Gasteiger partial charge in [0.05, 0.1) is 17.0 Å². The highest BCUT2D eigenvalue weighted by atomic mass is 32.1. The topological polar surface area (TPSA) is 46.6 Å². The van der Waals surface area contributed by atoms with Gasteiger partial charge in [0.15, 0.2) is 5.78 Å². The fourth-order valence-corrected chi connectivity index (χ4v) is 3.06. The minimum atomic E-state index is -0.0671. The summed E-state index contributed by atoms with van der Waals surface area (Å²) in [5, 5.41) is 1.75. The molecule has 1 aromatic heterocycles. The van der Waals surface area contributed by atoms with Crippen molar-refractivity contribution in [1.29, 1.82) is 0 Å². The molecule has 2 rings (SSSR count). The summed E-state index contributed by atoms with van der Waals surface area (Å²) in [6, 6.07) is 9.41. The molecule has 0 fully saturated rings. The van der Waals surface area contributed by atoms with Crippen molar-refractivity contribution >= 4 is 23.0 Å². The number of rotatable bonds is 7. The van der Waals surface area contributed by atoms with Gasteiger partial charge in [0.25, 0.3) is 5.91 Å². The molecule has 0 atom stereocenters. The maximum absolute atomic E-state index is 12.7. The number of hydrogen-bond donors (Lipinski definition) is 0. The number of thiophene rings is 1. The Morgan fingerprint density at radius 2 is 1.96 bits per heavy atom. The summed E-state index contributed by atoms with van der Waals surface area (Å²) in [6.45, 7) is 7.05. The summed E-state index contributed by atoms with van der Waals surface area (Å²) in [7, 11) is 0. The minimum Gasteiger partial charge on any atom is -0.494 e. The van der Waals surface area contributed by atoms with Crippen LogP contribution in [0.15, 0.2) is 35.7 Å². The van der Waals surface area contributed by atoms with Gasteiger partial charge < -0.3 is 9.64 Å². The standard InChI is InChI=1S/C18H21NO3S/c1-4-19(11-14-8-6-7-9-16(14)22-5-2)18(21)15-10-17(13(3)20)23-12-15/h6-10,12H,4-5,11H2,1-3H3. The fraction of sp³-hybridized carbons (Fsp3) is 0.333. The first-order valence-electron chi connectivity index (χ1n) is 7.66. The number of hydrogen-bond acceptors (Lipinski definition) is 4. The van der Waals surface area contributed by atoms with Crippen LogP contribution < -0.4 is 4.74 Å². The Hall–Kier alpha value is -2.14. The molecule has 0 unspecified atom stereocenters. The van der Waals surface area contributed by atoms with E-state index in [0.717, 1.165) is 11.3 Å². The molecule has 23 heavy (non-hydrogen) atoms. The Labute approximate surface area is 140 Å². The van der Waals surface area contributed by atoms with Gasteiger partial charge in [0, 0.05) is 24.0 Å². The molecule has 1 aromatic carbocycles. The van der Waals surface area contributed by atoms with Gasteiger partial charge >= 0.3 is 0 Å². The molecule has 0 aliphatic heterocycles. The lowest BCUT2D eigenvalue weighted by molar-refractivity contribution is 0.0752. The van der Waals surface area contributed by atoms with Crippen LogP contribution in [0.1, 0.15) is 46.4 Å². The van der Waals surface area contributed by atoms with Crippen LogP contribution in [0.3, 0.4) is 0 Å². The number of carbonyl (C=O) groups is 2. The van der Waals surface area contributed by atoms with Gasteiger partial charge in [-0.05, 0) is 32.9 Å². The van der Waals surface area contributed by atoms with Crippen molar-refractivity contribution in [1.82, 2.24) is 4.90 Å². The average molecular weight is 331 g/mol. The van der Waals surface area contributed by atoms with Gasteiger partial charge in [-0.2, -0.15) is 0 Å². The molecule has 5 heteroatoms. The van der Waals surface area contributed by atoms with Crippen molar-refractivity contribution in [2.24, 2.45) is 0 Å². The van der Waals surface area contributed by atoms with E-state index < -0.39 is 0 Å². The monoisotopic (exact) mass is 331 g/mol. The number of ketones is 1. The van der Waals surface area contributed by atoms with Gasteiger partial charge in [0.2, 0.25) is 0 Å². The van der Waals surface area contributed by atoms with Gasteiger partial charge in [-0.15, -0.1) is 11.3 Å². The van der Waals surface area contributed by atoms with E-state index >= 15 is 0 Å². The highest BCUT2D eigenvalue weighted by molar-refractivity contribution is 7.12. The van der Waals surface area contributed by atoms with E-state index in [9.17, 15) is 9.59 Å². The number of ether oxygens (including phenoxy) is 1. The van der Waals surface area contributed by atoms with Crippen LogP contribution in [-0.4, -0.2) is 29.7 Å². The van der Waals surface area contributed by atoms with Gasteiger partial charge in [-0.1, -0.05) is 18.2 Å². The second-order valence-electron chi connectivity index (χ2n) is 5.12. The molecule has 0 saturated heterocycles. The third kappa shape index (κ3) is 4.20. The van der Waals surface area contributed by atoms with Crippen molar-refractivity contribution in [2.75, 3.05) is 13.2 Å². The number of amides is 1. The summed E-state index contributed by atoms with van der Waals surface area (Å²) in [5.41, 5.74) is 1.54. The Morgan fingerprint density at radius 3 is 2.57 bits per heavy atom. The molecule has 0 saturated carbocycles. The van der Waals surface area contributed by atoms with Crippen LogP contribution in [0, 0.1) is 0 Å². The summed E-state index contributed by atoms with van der Waals surface area (Å²) in [5.74, 6) is 0.720.